The summed E-state index contributed by atoms with van der Waals surface area (Å²) >= 11 is 0. The molecule has 6 nitrogen and oxygen atoms in total. The lowest BCUT2D eigenvalue weighted by molar-refractivity contribution is -0.125. The van der Waals surface area contributed by atoms with Crippen LogP contribution in [0.4, 0.5) is 0 Å². The van der Waals surface area contributed by atoms with Gasteiger partial charge in [0.2, 0.25) is 6.41 Å². The van der Waals surface area contributed by atoms with Crippen LogP contribution >= 0.6 is 0 Å². The molecular formula is C16H20N4O2. The van der Waals surface area contributed by atoms with Crippen LogP contribution < -0.4 is 10.6 Å². The van der Waals surface area contributed by atoms with E-state index in [1.807, 2.05) is 42.5 Å². The van der Waals surface area contributed by atoms with Crippen LogP contribution in [0.2, 0.25) is 0 Å². The van der Waals surface area contributed by atoms with Gasteiger partial charge in [0.05, 0.1) is 0 Å². The Bertz CT molecular complexity index is 608. The zero-order chi connectivity index (χ0) is 16.1. The quantitative estimate of drug-likeness (QED) is 0.780. The minimum atomic E-state index is -0.253. The Balaban J connectivity index is 2.16. The van der Waals surface area contributed by atoms with E-state index >= 15 is 0 Å². The second-order valence-corrected chi connectivity index (χ2v) is 5.18. The van der Waals surface area contributed by atoms with Gasteiger partial charge in [-0.3, -0.25) is 9.59 Å². The molecule has 0 fully saturated rings. The number of nitrogens with one attached hydrogen (secondary N) is 2. The summed E-state index contributed by atoms with van der Waals surface area (Å²) in [6, 6.07) is 9.85. The van der Waals surface area contributed by atoms with E-state index in [1.165, 1.54) is 9.80 Å². The predicted molar refractivity (Wildman–Crippen MR) is 85.1 cm³/mol. The van der Waals surface area contributed by atoms with Crippen LogP contribution in [-0.2, 0) is 9.59 Å². The molecule has 1 aromatic carbocycles. The molecule has 2 amide bonds. The maximum absolute atomic E-state index is 12.2. The van der Waals surface area contributed by atoms with Gasteiger partial charge in [-0.25, -0.2) is 0 Å². The predicted octanol–water partition coefficient (Wildman–Crippen LogP) is 0.564. The molecule has 1 atom stereocenters. The number of carbonyl (C=O) groups is 2. The lowest BCUT2D eigenvalue weighted by Crippen LogP contribution is -2.35. The molecule has 1 heterocycles. The Labute approximate surface area is 130 Å². The Morgan fingerprint density at radius 2 is 1.82 bits per heavy atom. The van der Waals surface area contributed by atoms with Crippen molar-refractivity contribution in [2.75, 3.05) is 21.1 Å². The van der Waals surface area contributed by atoms with Gasteiger partial charge in [0.25, 0.3) is 5.91 Å². The van der Waals surface area contributed by atoms with Crippen LogP contribution in [-0.4, -0.2) is 49.4 Å². The third kappa shape index (κ3) is 3.46. The highest BCUT2D eigenvalue weighted by Crippen LogP contribution is 2.14. The van der Waals surface area contributed by atoms with Crippen LogP contribution in [0.5, 0.6) is 0 Å². The van der Waals surface area contributed by atoms with Crippen molar-refractivity contribution in [3.05, 3.63) is 53.5 Å². The van der Waals surface area contributed by atoms with E-state index in [2.05, 4.69) is 10.6 Å². The summed E-state index contributed by atoms with van der Waals surface area (Å²) < 4.78 is 0. The average Bonchev–Trinajstić information content (AvgIpc) is 2.96. The van der Waals surface area contributed by atoms with E-state index in [0.717, 1.165) is 5.56 Å². The van der Waals surface area contributed by atoms with Crippen LogP contribution in [0.25, 0.3) is 6.08 Å². The molecule has 116 valence electrons. The summed E-state index contributed by atoms with van der Waals surface area (Å²) in [4.78, 5) is 26.0. The van der Waals surface area contributed by atoms with Gasteiger partial charge in [-0.1, -0.05) is 36.4 Å². The van der Waals surface area contributed by atoms with Crippen LogP contribution in [0.3, 0.4) is 0 Å². The highest BCUT2D eigenvalue weighted by Gasteiger charge is 2.28. The number of carbonyl (C=O) groups excluding carboxylic acids is 2. The number of amides is 2. The minimum absolute atomic E-state index is 0.188. The topological polar surface area (TPSA) is 64.7 Å². The molecule has 0 bridgehead atoms. The van der Waals surface area contributed by atoms with Gasteiger partial charge in [-0.05, 0) is 11.6 Å². The maximum Gasteiger partial charge on any atom is 0.273 e. The zero-order valence-corrected chi connectivity index (χ0v) is 12.9. The van der Waals surface area contributed by atoms with Gasteiger partial charge in [0.15, 0.2) is 0 Å². The molecule has 0 aromatic heterocycles. The SMILES string of the molecule is CN(C)C(=O)C1=C(N(C)C=O)NC(/C=C/c2ccccc2)N1. The standard InChI is InChI=1S/C16H20N4O2/c1-19(2)16(22)14-15(20(3)11-21)18-13(17-14)10-9-12-7-5-4-6-8-12/h4-11,13,17-18H,1-3H3/b10-9+. The van der Waals surface area contributed by atoms with Crippen LogP contribution in [0.1, 0.15) is 5.56 Å². The Morgan fingerprint density at radius 1 is 1.14 bits per heavy atom. The average molecular weight is 300 g/mol. The first-order valence-electron chi connectivity index (χ1n) is 6.93. The van der Waals surface area contributed by atoms with E-state index in [1.54, 1.807) is 21.1 Å². The summed E-state index contributed by atoms with van der Waals surface area (Å²) in [6.45, 7) is 0. The lowest BCUT2D eigenvalue weighted by Gasteiger charge is -2.15. The molecule has 0 saturated heterocycles. The molecule has 1 aliphatic rings. The van der Waals surface area contributed by atoms with Crippen LogP contribution in [0, 0.1) is 0 Å². The molecular weight excluding hydrogens is 280 g/mol. The Kier molecular flexibility index (Phi) is 4.83. The normalized spacial score (nSPS) is 17.1. The molecule has 1 aliphatic heterocycles. The fraction of sp³-hybridized carbons (Fsp3) is 0.250. The van der Waals surface area contributed by atoms with Gasteiger partial charge in [0.1, 0.15) is 17.7 Å². The largest absolute Gasteiger partial charge is 0.355 e. The Morgan fingerprint density at radius 3 is 2.41 bits per heavy atom. The van der Waals surface area contributed by atoms with Crippen molar-refractivity contribution in [2.45, 2.75) is 6.17 Å². The van der Waals surface area contributed by atoms with Gasteiger partial charge in [-0.15, -0.1) is 0 Å². The molecule has 6 heteroatoms. The van der Waals surface area contributed by atoms with Crippen LogP contribution in [0.15, 0.2) is 47.9 Å². The number of hydrogen-bond acceptors (Lipinski definition) is 4. The van der Waals surface area contributed by atoms with E-state index in [9.17, 15) is 9.59 Å². The number of hydrogen-bond donors (Lipinski definition) is 2. The van der Waals surface area contributed by atoms with Crippen molar-refractivity contribution in [2.24, 2.45) is 0 Å². The summed E-state index contributed by atoms with van der Waals surface area (Å²) in [6.07, 6.45) is 4.27. The fourth-order valence-corrected chi connectivity index (χ4v) is 2.06. The first kappa shape index (κ1) is 15.6. The van der Waals surface area contributed by atoms with E-state index in [4.69, 9.17) is 0 Å². The lowest BCUT2D eigenvalue weighted by atomic mass is 10.2. The highest BCUT2D eigenvalue weighted by molar-refractivity contribution is 5.94. The Hall–Kier alpha value is -2.76. The smallest absolute Gasteiger partial charge is 0.273 e. The first-order chi connectivity index (χ1) is 10.5. The summed E-state index contributed by atoms with van der Waals surface area (Å²) in [7, 11) is 4.94. The van der Waals surface area contributed by atoms with Crippen molar-refractivity contribution < 1.29 is 9.59 Å². The van der Waals surface area contributed by atoms with Crippen molar-refractivity contribution in [1.82, 2.24) is 20.4 Å². The molecule has 1 unspecified atom stereocenters. The second-order valence-electron chi connectivity index (χ2n) is 5.18. The molecule has 0 aliphatic carbocycles. The molecule has 2 N–H and O–H groups in total. The monoisotopic (exact) mass is 300 g/mol. The molecule has 0 saturated carbocycles. The second kappa shape index (κ2) is 6.80. The summed E-state index contributed by atoms with van der Waals surface area (Å²) in [5.74, 6) is 0.281. The van der Waals surface area contributed by atoms with Gasteiger partial charge in [-0.2, -0.15) is 0 Å². The number of benzene rings is 1. The van der Waals surface area contributed by atoms with Gasteiger partial charge >= 0.3 is 0 Å². The molecule has 2 rings (SSSR count). The zero-order valence-electron chi connectivity index (χ0n) is 12.9. The van der Waals surface area contributed by atoms with Crippen molar-refractivity contribution in [3.63, 3.8) is 0 Å². The number of nitrogens with zero attached hydrogens (tertiary/aromatic N) is 2. The van der Waals surface area contributed by atoms with Gasteiger partial charge in [0, 0.05) is 21.1 Å². The van der Waals surface area contributed by atoms with Crippen molar-refractivity contribution in [3.8, 4) is 0 Å². The minimum Gasteiger partial charge on any atom is -0.355 e. The molecule has 22 heavy (non-hydrogen) atoms. The number of rotatable bonds is 5. The third-order valence-corrected chi connectivity index (χ3v) is 3.24. The molecule has 0 radical (unpaired) electrons. The number of likely N-dealkylation sites (N-methyl/N-ethyl adjacent to an activating group) is 1. The van der Waals surface area contributed by atoms with E-state index in [-0.39, 0.29) is 12.1 Å². The molecule has 0 spiro atoms. The van der Waals surface area contributed by atoms with E-state index < -0.39 is 0 Å². The molecule has 1 aromatic rings. The van der Waals surface area contributed by atoms with Gasteiger partial charge < -0.3 is 20.4 Å². The fourth-order valence-electron chi connectivity index (χ4n) is 2.06. The van der Waals surface area contributed by atoms with Crippen molar-refractivity contribution in [1.29, 1.82) is 0 Å². The summed E-state index contributed by atoms with van der Waals surface area (Å²) in [5, 5.41) is 6.22. The highest BCUT2D eigenvalue weighted by atomic mass is 16.2. The first-order valence-corrected chi connectivity index (χ1v) is 6.93. The third-order valence-electron chi connectivity index (χ3n) is 3.24. The maximum atomic E-state index is 12.2. The summed E-state index contributed by atoms with van der Waals surface area (Å²) in [5.41, 5.74) is 1.44. The van der Waals surface area contributed by atoms with Crippen molar-refractivity contribution >= 4 is 18.4 Å². The van der Waals surface area contributed by atoms with E-state index in [0.29, 0.717) is 17.9 Å².